The summed E-state index contributed by atoms with van der Waals surface area (Å²) in [6, 6.07) is 13.5. The molecule has 1 aromatic heterocycles. The molecule has 0 aliphatic rings. The molecule has 0 saturated carbocycles. The molecule has 2 aromatic carbocycles. The van der Waals surface area contributed by atoms with Gasteiger partial charge < -0.3 is 4.57 Å². The Hall–Kier alpha value is -3.40. The number of carbonyl (C=O) groups excluding carboxylic acids is 2. The fraction of sp³-hybridized carbons (Fsp3) is 0.167. The van der Waals surface area contributed by atoms with Crippen LogP contribution in [0.25, 0.3) is 11.0 Å². The second kappa shape index (κ2) is 8.53. The number of hydrogen-bond acceptors (Lipinski definition) is 6. The number of aromatic nitrogens is 2. The van der Waals surface area contributed by atoms with Gasteiger partial charge in [-0.25, -0.2) is 4.98 Å². The second-order valence-corrected chi connectivity index (χ2v) is 6.94. The number of non-ortho nitro benzene ring substituents is 1. The van der Waals surface area contributed by atoms with Crippen molar-refractivity contribution in [1.29, 1.82) is 0 Å². The summed E-state index contributed by atoms with van der Waals surface area (Å²) in [6.45, 7) is 0. The Morgan fingerprint density at radius 3 is 2.46 bits per heavy atom. The van der Waals surface area contributed by atoms with Crippen LogP contribution in [-0.2, 0) is 23.1 Å². The van der Waals surface area contributed by atoms with E-state index in [2.05, 4.69) is 15.8 Å². The molecule has 2 N–H and O–H groups in total. The highest BCUT2D eigenvalue weighted by atomic mass is 32.2. The van der Waals surface area contributed by atoms with Crippen LogP contribution in [0.2, 0.25) is 0 Å². The molecule has 28 heavy (non-hydrogen) atoms. The number of para-hydroxylation sites is 2. The minimum Gasteiger partial charge on any atom is -0.331 e. The summed E-state index contributed by atoms with van der Waals surface area (Å²) in [5, 5.41) is 10.6. The van der Waals surface area contributed by atoms with E-state index in [1.165, 1.54) is 23.9 Å². The number of thioether (sulfide) groups is 1. The summed E-state index contributed by atoms with van der Waals surface area (Å²) in [4.78, 5) is 39.2. The molecule has 0 spiro atoms. The number of nitrogens with zero attached hydrogens (tertiary/aromatic N) is 3. The van der Waals surface area contributed by atoms with Gasteiger partial charge in [-0.15, -0.1) is 11.8 Å². The molecule has 3 aromatic rings. The number of aryl methyl sites for hydroxylation is 1. The minimum absolute atomic E-state index is 0.0111. The summed E-state index contributed by atoms with van der Waals surface area (Å²) in [5.41, 5.74) is 6.44. The second-order valence-electron chi connectivity index (χ2n) is 5.89. The Bertz CT molecular complexity index is 1030. The Kier molecular flexibility index (Phi) is 5.90. The third-order valence-electron chi connectivity index (χ3n) is 3.96. The Labute approximate surface area is 164 Å². The number of benzene rings is 2. The number of nitro groups is 1. The lowest BCUT2D eigenvalue weighted by Crippen LogP contribution is -2.43. The number of carbonyl (C=O) groups is 2. The van der Waals surface area contributed by atoms with Gasteiger partial charge in [0.15, 0.2) is 0 Å². The fourth-order valence-electron chi connectivity index (χ4n) is 2.53. The molecule has 0 aliphatic carbocycles. The van der Waals surface area contributed by atoms with Gasteiger partial charge >= 0.3 is 0 Å². The Morgan fingerprint density at radius 1 is 1.11 bits per heavy atom. The zero-order valence-electron chi connectivity index (χ0n) is 14.9. The molecule has 0 saturated heterocycles. The number of fused-ring (bicyclic) bond motifs is 1. The molecule has 3 rings (SSSR count). The van der Waals surface area contributed by atoms with Crippen LogP contribution in [0.5, 0.6) is 0 Å². The van der Waals surface area contributed by atoms with E-state index in [1.54, 1.807) is 12.1 Å². The van der Waals surface area contributed by atoms with Crippen molar-refractivity contribution in [2.45, 2.75) is 11.3 Å². The smallest absolute Gasteiger partial charge is 0.269 e. The summed E-state index contributed by atoms with van der Waals surface area (Å²) in [5.74, 6) is -0.119. The predicted molar refractivity (Wildman–Crippen MR) is 105 cm³/mol. The lowest BCUT2D eigenvalue weighted by atomic mass is 10.3. The zero-order chi connectivity index (χ0) is 20.1. The third-order valence-corrected chi connectivity index (χ3v) is 4.97. The van der Waals surface area contributed by atoms with Gasteiger partial charge in [0.1, 0.15) is 5.82 Å². The highest BCUT2D eigenvalue weighted by Crippen LogP contribution is 2.21. The fourth-order valence-corrected chi connectivity index (χ4v) is 3.23. The highest BCUT2D eigenvalue weighted by molar-refractivity contribution is 8.00. The third kappa shape index (κ3) is 4.65. The van der Waals surface area contributed by atoms with Crippen molar-refractivity contribution in [3.8, 4) is 0 Å². The predicted octanol–water partition coefficient (Wildman–Crippen LogP) is 1.96. The minimum atomic E-state index is -0.485. The first-order valence-electron chi connectivity index (χ1n) is 8.29. The van der Waals surface area contributed by atoms with E-state index in [4.69, 9.17) is 0 Å². The number of imidazole rings is 1. The quantitative estimate of drug-likeness (QED) is 0.372. The maximum absolute atomic E-state index is 12.1. The van der Waals surface area contributed by atoms with Crippen molar-refractivity contribution < 1.29 is 14.5 Å². The van der Waals surface area contributed by atoms with Gasteiger partial charge in [-0.2, -0.15) is 0 Å². The molecular weight excluding hydrogens is 382 g/mol. The van der Waals surface area contributed by atoms with Crippen LogP contribution >= 0.6 is 11.8 Å². The van der Waals surface area contributed by atoms with Crippen LogP contribution in [-0.4, -0.2) is 32.0 Å². The maximum atomic E-state index is 12.1. The summed E-state index contributed by atoms with van der Waals surface area (Å²) < 4.78 is 1.83. The molecule has 2 amide bonds. The first-order valence-corrected chi connectivity index (χ1v) is 9.28. The average Bonchev–Trinajstić information content (AvgIpc) is 3.00. The van der Waals surface area contributed by atoms with E-state index >= 15 is 0 Å². The SMILES string of the molecule is Cn1c(CC(=O)NNC(=O)CSc2ccc([N+](=O)[O-])cc2)nc2ccccc21. The number of nitrogens with one attached hydrogen (secondary N) is 2. The van der Waals surface area contributed by atoms with Gasteiger partial charge in [-0.1, -0.05) is 12.1 Å². The molecule has 0 fully saturated rings. The van der Waals surface area contributed by atoms with Crippen LogP contribution in [0.15, 0.2) is 53.4 Å². The zero-order valence-corrected chi connectivity index (χ0v) is 15.7. The first-order chi connectivity index (χ1) is 13.4. The van der Waals surface area contributed by atoms with E-state index in [0.29, 0.717) is 10.7 Å². The van der Waals surface area contributed by atoms with Crippen LogP contribution in [0.3, 0.4) is 0 Å². The van der Waals surface area contributed by atoms with E-state index in [9.17, 15) is 19.7 Å². The van der Waals surface area contributed by atoms with Gasteiger partial charge in [0, 0.05) is 24.1 Å². The largest absolute Gasteiger partial charge is 0.331 e. The van der Waals surface area contributed by atoms with Crippen LogP contribution in [0, 0.1) is 10.1 Å². The molecule has 144 valence electrons. The molecule has 1 heterocycles. The monoisotopic (exact) mass is 399 g/mol. The lowest BCUT2D eigenvalue weighted by Gasteiger charge is -2.07. The van der Waals surface area contributed by atoms with Crippen molar-refractivity contribution in [1.82, 2.24) is 20.4 Å². The Morgan fingerprint density at radius 2 is 1.79 bits per heavy atom. The Balaban J connectivity index is 1.46. The van der Waals surface area contributed by atoms with Crippen molar-refractivity contribution in [3.63, 3.8) is 0 Å². The van der Waals surface area contributed by atoms with Gasteiger partial charge in [-0.3, -0.25) is 30.6 Å². The molecule has 0 bridgehead atoms. The number of hydrazine groups is 1. The van der Waals surface area contributed by atoms with Gasteiger partial charge in [0.25, 0.3) is 5.69 Å². The van der Waals surface area contributed by atoms with Crippen molar-refractivity contribution in [2.75, 3.05) is 5.75 Å². The summed E-state index contributed by atoms with van der Waals surface area (Å²) in [7, 11) is 1.83. The van der Waals surface area contributed by atoms with Crippen LogP contribution in [0.4, 0.5) is 5.69 Å². The van der Waals surface area contributed by atoms with Gasteiger partial charge in [0.2, 0.25) is 11.8 Å². The number of nitro benzene ring substituents is 1. The standard InChI is InChI=1S/C18H17N5O4S/c1-22-15-5-3-2-4-14(15)19-16(22)10-17(24)20-21-18(25)11-28-13-8-6-12(7-9-13)23(26)27/h2-9H,10-11H2,1H3,(H,20,24)(H,21,25). The average molecular weight is 399 g/mol. The van der Waals surface area contributed by atoms with Crippen molar-refractivity contribution >= 4 is 40.3 Å². The number of amides is 2. The van der Waals surface area contributed by atoms with Gasteiger partial charge in [-0.05, 0) is 24.3 Å². The normalized spacial score (nSPS) is 10.6. The summed E-state index contributed by atoms with van der Waals surface area (Å²) in [6.07, 6.45) is 0.0287. The molecule has 10 heteroatoms. The molecule has 0 aliphatic heterocycles. The number of hydrogen-bond donors (Lipinski definition) is 2. The van der Waals surface area contributed by atoms with Gasteiger partial charge in [0.05, 0.1) is 28.1 Å². The van der Waals surface area contributed by atoms with Crippen molar-refractivity contribution in [2.24, 2.45) is 7.05 Å². The highest BCUT2D eigenvalue weighted by Gasteiger charge is 2.12. The molecule has 0 atom stereocenters. The van der Waals surface area contributed by atoms with E-state index in [-0.39, 0.29) is 29.7 Å². The van der Waals surface area contributed by atoms with E-state index < -0.39 is 4.92 Å². The molecule has 0 radical (unpaired) electrons. The lowest BCUT2D eigenvalue weighted by molar-refractivity contribution is -0.384. The van der Waals surface area contributed by atoms with E-state index in [0.717, 1.165) is 11.0 Å². The van der Waals surface area contributed by atoms with E-state index in [1.807, 2.05) is 35.9 Å². The molecular formula is C18H17N5O4S. The molecule has 9 nitrogen and oxygen atoms in total. The van der Waals surface area contributed by atoms with Crippen LogP contribution in [0.1, 0.15) is 5.82 Å². The maximum Gasteiger partial charge on any atom is 0.269 e. The molecule has 0 unspecified atom stereocenters. The van der Waals surface area contributed by atoms with Crippen molar-refractivity contribution in [3.05, 3.63) is 64.5 Å². The first kappa shape index (κ1) is 19.4. The topological polar surface area (TPSA) is 119 Å². The van der Waals surface area contributed by atoms with Crippen LogP contribution < -0.4 is 10.9 Å². The summed E-state index contributed by atoms with van der Waals surface area (Å²) >= 11 is 1.21. The number of rotatable bonds is 6.